The van der Waals surface area contributed by atoms with Crippen LogP contribution in [0.2, 0.25) is 5.02 Å². The van der Waals surface area contributed by atoms with Gasteiger partial charge in [0.2, 0.25) is 0 Å². The number of hydrogen-bond donors (Lipinski definition) is 0. The zero-order valence-electron chi connectivity index (χ0n) is 19.5. The van der Waals surface area contributed by atoms with Gasteiger partial charge in [-0.1, -0.05) is 23.7 Å². The van der Waals surface area contributed by atoms with E-state index in [0.717, 1.165) is 50.3 Å². The molecule has 0 unspecified atom stereocenters. The van der Waals surface area contributed by atoms with Gasteiger partial charge in [0.05, 0.1) is 34.8 Å². The minimum atomic E-state index is -4.53. The third kappa shape index (κ3) is 4.55. The molecule has 0 saturated carbocycles. The minimum Gasteiger partial charge on any atom is -0.301 e. The van der Waals surface area contributed by atoms with Crippen LogP contribution in [0.15, 0.2) is 47.5 Å². The van der Waals surface area contributed by atoms with Crippen LogP contribution in [0.4, 0.5) is 18.0 Å². The standard InChI is InChI=1S/C26H22ClF3N4O2S/c27-19-3-2-17(20(11-19)26(28,29)30)13-33-21-4-1-15(9-18(21)12-31-33)10-23-24(35)34(25(36)37-23)22-14-32-7-5-16(22)6-8-32/h1-4,9-12,16,22H,5-8,13-14H2/t22-/m1/s1. The summed E-state index contributed by atoms with van der Waals surface area (Å²) in [6.07, 6.45) is 0.756. The molecule has 192 valence electrons. The monoisotopic (exact) mass is 546 g/mol. The van der Waals surface area contributed by atoms with Gasteiger partial charge in [0, 0.05) is 17.0 Å². The molecule has 5 heterocycles. The van der Waals surface area contributed by atoms with E-state index >= 15 is 0 Å². The quantitative estimate of drug-likeness (QED) is 0.382. The maximum atomic E-state index is 13.5. The summed E-state index contributed by atoms with van der Waals surface area (Å²) in [5.41, 5.74) is 0.640. The van der Waals surface area contributed by atoms with Crippen LogP contribution in [0.1, 0.15) is 29.5 Å². The number of carbonyl (C=O) groups excluding carboxylic acids is 2. The van der Waals surface area contributed by atoms with E-state index in [1.54, 1.807) is 24.4 Å². The van der Waals surface area contributed by atoms with Gasteiger partial charge in [0.15, 0.2) is 0 Å². The van der Waals surface area contributed by atoms with Gasteiger partial charge in [-0.2, -0.15) is 18.3 Å². The second kappa shape index (κ2) is 9.18. The zero-order valence-corrected chi connectivity index (χ0v) is 21.1. The van der Waals surface area contributed by atoms with Crippen LogP contribution in [-0.2, 0) is 17.5 Å². The highest BCUT2D eigenvalue weighted by molar-refractivity contribution is 8.18. The van der Waals surface area contributed by atoms with E-state index in [1.807, 2.05) is 6.07 Å². The maximum absolute atomic E-state index is 13.5. The van der Waals surface area contributed by atoms with Crippen LogP contribution in [-0.4, -0.2) is 56.4 Å². The second-order valence-electron chi connectivity index (χ2n) is 9.68. The predicted molar refractivity (Wildman–Crippen MR) is 136 cm³/mol. The smallest absolute Gasteiger partial charge is 0.301 e. The molecule has 0 spiro atoms. The van der Waals surface area contributed by atoms with Crippen molar-refractivity contribution in [2.75, 3.05) is 19.6 Å². The van der Waals surface area contributed by atoms with E-state index in [0.29, 0.717) is 27.3 Å². The summed E-state index contributed by atoms with van der Waals surface area (Å²) < 4.78 is 42.0. The lowest BCUT2D eigenvalue weighted by molar-refractivity contribution is -0.138. The third-order valence-electron chi connectivity index (χ3n) is 7.44. The fraction of sp³-hybridized carbons (Fsp3) is 0.346. The Labute approximate surface area is 220 Å². The number of imide groups is 1. The van der Waals surface area contributed by atoms with Crippen molar-refractivity contribution in [2.45, 2.75) is 31.6 Å². The molecular formula is C26H22ClF3N4O2S. The minimum absolute atomic E-state index is 0.0176. The molecule has 2 bridgehead atoms. The Bertz CT molecular complexity index is 1450. The summed E-state index contributed by atoms with van der Waals surface area (Å²) in [4.78, 5) is 30.1. The molecule has 11 heteroatoms. The molecule has 1 aromatic heterocycles. The predicted octanol–water partition coefficient (Wildman–Crippen LogP) is 5.89. The van der Waals surface area contributed by atoms with Crippen LogP contribution in [0.3, 0.4) is 0 Å². The van der Waals surface area contributed by atoms with E-state index < -0.39 is 11.7 Å². The van der Waals surface area contributed by atoms with Gasteiger partial charge in [-0.15, -0.1) is 0 Å². The first-order valence-corrected chi connectivity index (χ1v) is 13.2. The molecule has 2 aromatic carbocycles. The van der Waals surface area contributed by atoms with Crippen LogP contribution >= 0.6 is 23.4 Å². The summed E-state index contributed by atoms with van der Waals surface area (Å²) in [5, 5.41) is 4.79. The normalized spacial score (nSPS) is 25.1. The van der Waals surface area contributed by atoms with Crippen molar-refractivity contribution >= 4 is 51.5 Å². The lowest BCUT2D eigenvalue weighted by atomic mass is 9.83. The Hall–Kier alpha value is -2.82. The molecule has 4 aliphatic heterocycles. The van der Waals surface area contributed by atoms with Gasteiger partial charge in [-0.25, -0.2) is 0 Å². The number of alkyl halides is 3. The molecule has 2 amide bonds. The molecule has 37 heavy (non-hydrogen) atoms. The Balaban J connectivity index is 1.25. The average Bonchev–Trinajstić information content (AvgIpc) is 3.39. The number of nitrogens with zero attached hydrogens (tertiary/aromatic N) is 4. The van der Waals surface area contributed by atoms with Crippen molar-refractivity contribution in [3.63, 3.8) is 0 Å². The fourth-order valence-corrected chi connectivity index (χ4v) is 6.63. The first-order chi connectivity index (χ1) is 17.7. The number of fused-ring (bicyclic) bond motifs is 4. The number of hydrogen-bond acceptors (Lipinski definition) is 5. The number of benzene rings is 2. The van der Waals surface area contributed by atoms with Gasteiger partial charge < -0.3 is 4.90 Å². The van der Waals surface area contributed by atoms with Crippen molar-refractivity contribution in [1.29, 1.82) is 0 Å². The summed E-state index contributed by atoms with van der Waals surface area (Å²) in [5.74, 6) is 0.102. The van der Waals surface area contributed by atoms with E-state index in [9.17, 15) is 22.8 Å². The van der Waals surface area contributed by atoms with Crippen molar-refractivity contribution in [1.82, 2.24) is 19.6 Å². The summed E-state index contributed by atoms with van der Waals surface area (Å²) >= 11 is 6.75. The van der Waals surface area contributed by atoms with Crippen molar-refractivity contribution in [3.8, 4) is 0 Å². The SMILES string of the molecule is O=C1SC(=Cc2ccc3c(cnn3Cc3ccc(Cl)cc3C(F)(F)F)c2)C(=O)N1[C@@H]1CN2CCC1CC2. The number of thioether (sulfide) groups is 1. The third-order valence-corrected chi connectivity index (χ3v) is 8.56. The Morgan fingerprint density at radius 1 is 1.11 bits per heavy atom. The van der Waals surface area contributed by atoms with E-state index in [-0.39, 0.29) is 34.3 Å². The fourth-order valence-electron chi connectivity index (χ4n) is 5.58. The summed E-state index contributed by atoms with van der Waals surface area (Å²) in [6.45, 7) is 2.71. The highest BCUT2D eigenvalue weighted by Gasteiger charge is 2.46. The molecule has 0 N–H and O–H groups in total. The number of amides is 2. The van der Waals surface area contributed by atoms with Crippen LogP contribution in [0, 0.1) is 5.92 Å². The van der Waals surface area contributed by atoms with Crippen molar-refractivity contribution in [3.05, 3.63) is 69.2 Å². The van der Waals surface area contributed by atoms with E-state index in [2.05, 4.69) is 10.00 Å². The van der Waals surface area contributed by atoms with Gasteiger partial charge in [-0.3, -0.25) is 19.2 Å². The van der Waals surface area contributed by atoms with Crippen LogP contribution in [0.25, 0.3) is 17.0 Å². The van der Waals surface area contributed by atoms with E-state index in [1.165, 1.54) is 21.7 Å². The topological polar surface area (TPSA) is 58.4 Å². The summed E-state index contributed by atoms with van der Waals surface area (Å²) in [6, 6.07) is 8.98. The molecule has 7 rings (SSSR count). The van der Waals surface area contributed by atoms with Gasteiger partial charge >= 0.3 is 6.18 Å². The highest BCUT2D eigenvalue weighted by Crippen LogP contribution is 2.40. The zero-order chi connectivity index (χ0) is 25.9. The van der Waals surface area contributed by atoms with Crippen LogP contribution < -0.4 is 0 Å². The molecule has 4 aliphatic rings. The lowest BCUT2D eigenvalue weighted by Crippen LogP contribution is -2.58. The van der Waals surface area contributed by atoms with Gasteiger partial charge in [0.1, 0.15) is 0 Å². The highest BCUT2D eigenvalue weighted by atomic mass is 35.5. The average molecular weight is 547 g/mol. The number of rotatable bonds is 4. The molecule has 0 aliphatic carbocycles. The molecular weight excluding hydrogens is 525 g/mol. The molecule has 4 fully saturated rings. The number of piperidine rings is 3. The Morgan fingerprint density at radius 3 is 2.59 bits per heavy atom. The molecule has 3 aromatic rings. The molecule has 6 nitrogen and oxygen atoms in total. The van der Waals surface area contributed by atoms with Crippen molar-refractivity contribution < 1.29 is 22.8 Å². The number of carbonyl (C=O) groups is 2. The molecule has 4 saturated heterocycles. The molecule has 1 atom stereocenters. The first-order valence-electron chi connectivity index (χ1n) is 12.0. The lowest BCUT2D eigenvalue weighted by Gasteiger charge is -2.47. The Kier molecular flexibility index (Phi) is 6.08. The number of halogens is 4. The molecule has 0 radical (unpaired) electrons. The number of aromatic nitrogens is 2. The van der Waals surface area contributed by atoms with Crippen LogP contribution in [0.5, 0.6) is 0 Å². The largest absolute Gasteiger partial charge is 0.416 e. The van der Waals surface area contributed by atoms with Gasteiger partial charge in [0.25, 0.3) is 11.1 Å². The van der Waals surface area contributed by atoms with Gasteiger partial charge in [-0.05, 0) is 85.1 Å². The maximum Gasteiger partial charge on any atom is 0.416 e. The van der Waals surface area contributed by atoms with E-state index in [4.69, 9.17) is 11.6 Å². The summed E-state index contributed by atoms with van der Waals surface area (Å²) in [7, 11) is 0. The Morgan fingerprint density at radius 2 is 1.89 bits per heavy atom. The van der Waals surface area contributed by atoms with Crippen molar-refractivity contribution in [2.24, 2.45) is 5.92 Å². The second-order valence-corrected chi connectivity index (χ2v) is 11.1. The first kappa shape index (κ1) is 24.5.